The van der Waals surface area contributed by atoms with Gasteiger partial charge in [-0.3, -0.25) is 9.59 Å². The number of aliphatic carboxylic acids is 1. The summed E-state index contributed by atoms with van der Waals surface area (Å²) in [7, 11) is 0. The topological polar surface area (TPSA) is 69.6 Å². The van der Waals surface area contributed by atoms with Crippen LogP contribution in [0, 0.1) is 5.92 Å². The zero-order chi connectivity index (χ0) is 13.4. The molecule has 1 rings (SSSR count). The summed E-state index contributed by atoms with van der Waals surface area (Å²) in [6.45, 7) is 5.61. The van der Waals surface area contributed by atoms with Crippen molar-refractivity contribution in [3.05, 3.63) is 0 Å². The van der Waals surface area contributed by atoms with E-state index < -0.39 is 5.97 Å². The van der Waals surface area contributed by atoms with E-state index in [9.17, 15) is 9.59 Å². The summed E-state index contributed by atoms with van der Waals surface area (Å²) in [5.74, 6) is -0.483. The largest absolute Gasteiger partial charge is 0.481 e. The fourth-order valence-electron chi connectivity index (χ4n) is 2.11. The third-order valence-electron chi connectivity index (χ3n) is 3.35. The first-order chi connectivity index (χ1) is 8.58. The van der Waals surface area contributed by atoms with Crippen LogP contribution < -0.4 is 5.32 Å². The summed E-state index contributed by atoms with van der Waals surface area (Å²) in [6, 6.07) is 0. The molecule has 1 atom stereocenters. The van der Waals surface area contributed by atoms with E-state index in [4.69, 9.17) is 5.11 Å². The molecule has 0 aliphatic carbocycles. The van der Waals surface area contributed by atoms with E-state index in [1.807, 2.05) is 6.92 Å². The lowest BCUT2D eigenvalue weighted by atomic mass is 10.1. The molecule has 0 aromatic heterocycles. The maximum absolute atomic E-state index is 11.6. The number of hydrogen-bond donors (Lipinski definition) is 2. The highest BCUT2D eigenvalue weighted by molar-refractivity contribution is 5.76. The van der Waals surface area contributed by atoms with Gasteiger partial charge in [-0.2, -0.15) is 0 Å². The second-order valence-electron chi connectivity index (χ2n) is 5.14. The normalized spacial score (nSPS) is 17.6. The van der Waals surface area contributed by atoms with E-state index in [0.29, 0.717) is 19.4 Å². The molecule has 5 nitrogen and oxygen atoms in total. The van der Waals surface area contributed by atoms with Gasteiger partial charge < -0.3 is 15.3 Å². The molecule has 104 valence electrons. The van der Waals surface area contributed by atoms with E-state index in [1.54, 1.807) is 0 Å². The van der Waals surface area contributed by atoms with Crippen LogP contribution in [-0.2, 0) is 9.59 Å². The van der Waals surface area contributed by atoms with E-state index in [-0.39, 0.29) is 18.2 Å². The quantitative estimate of drug-likeness (QED) is 0.682. The summed E-state index contributed by atoms with van der Waals surface area (Å²) in [5.41, 5.74) is 0. The fourth-order valence-corrected chi connectivity index (χ4v) is 2.11. The molecule has 1 saturated heterocycles. The molecule has 1 aliphatic rings. The van der Waals surface area contributed by atoms with Gasteiger partial charge in [0.25, 0.3) is 0 Å². The Balaban J connectivity index is 2.03. The first kappa shape index (κ1) is 15.0. The zero-order valence-electron chi connectivity index (χ0n) is 11.2. The van der Waals surface area contributed by atoms with Crippen LogP contribution in [0.15, 0.2) is 0 Å². The van der Waals surface area contributed by atoms with E-state index >= 15 is 0 Å². The molecular weight excluding hydrogens is 232 g/mol. The highest BCUT2D eigenvalue weighted by atomic mass is 16.4. The monoisotopic (exact) mass is 256 g/mol. The minimum absolute atomic E-state index is 0.0732. The number of likely N-dealkylation sites (tertiary alicyclic amines) is 1. The summed E-state index contributed by atoms with van der Waals surface area (Å²) in [4.78, 5) is 24.3. The third-order valence-corrected chi connectivity index (χ3v) is 3.35. The summed E-state index contributed by atoms with van der Waals surface area (Å²) in [5, 5.41) is 11.4. The molecule has 0 aromatic rings. The van der Waals surface area contributed by atoms with Crippen molar-refractivity contribution in [3.8, 4) is 0 Å². The Hall–Kier alpha value is -1.10. The molecule has 1 heterocycles. The Kier molecular flexibility index (Phi) is 6.72. The number of carbonyl (C=O) groups excluding carboxylic acids is 1. The summed E-state index contributed by atoms with van der Waals surface area (Å²) < 4.78 is 0. The van der Waals surface area contributed by atoms with Gasteiger partial charge in [0.1, 0.15) is 0 Å². The van der Waals surface area contributed by atoms with Crippen LogP contribution >= 0.6 is 0 Å². The van der Waals surface area contributed by atoms with Crippen molar-refractivity contribution in [2.45, 2.75) is 39.0 Å². The standard InChI is InChI=1S/C13H24N2O3/c1-11(4-5-13(17)18)10-14-12(16)6-9-15-7-2-3-8-15/h11H,2-10H2,1H3,(H,14,16)(H,17,18). The van der Waals surface area contributed by atoms with Crippen LogP contribution in [0.2, 0.25) is 0 Å². The number of hydrogen-bond acceptors (Lipinski definition) is 3. The Bertz CT molecular complexity index is 275. The van der Waals surface area contributed by atoms with E-state index in [1.165, 1.54) is 12.8 Å². The molecule has 1 amide bonds. The predicted molar refractivity (Wildman–Crippen MR) is 69.3 cm³/mol. The van der Waals surface area contributed by atoms with Crippen molar-refractivity contribution in [2.24, 2.45) is 5.92 Å². The molecule has 1 fully saturated rings. The highest BCUT2D eigenvalue weighted by Crippen LogP contribution is 2.07. The van der Waals surface area contributed by atoms with Crippen LogP contribution in [0.5, 0.6) is 0 Å². The molecule has 1 aliphatic heterocycles. The van der Waals surface area contributed by atoms with Gasteiger partial charge in [-0.15, -0.1) is 0 Å². The molecule has 5 heteroatoms. The number of amides is 1. The lowest BCUT2D eigenvalue weighted by Crippen LogP contribution is -2.32. The average molecular weight is 256 g/mol. The summed E-state index contributed by atoms with van der Waals surface area (Å²) in [6.07, 6.45) is 3.82. The number of carboxylic acids is 1. The molecular formula is C13H24N2O3. The van der Waals surface area contributed by atoms with Gasteiger partial charge in [0.15, 0.2) is 0 Å². The van der Waals surface area contributed by atoms with Crippen molar-refractivity contribution >= 4 is 11.9 Å². The van der Waals surface area contributed by atoms with Crippen molar-refractivity contribution in [3.63, 3.8) is 0 Å². The first-order valence-electron chi connectivity index (χ1n) is 6.79. The van der Waals surface area contributed by atoms with Crippen LogP contribution in [0.4, 0.5) is 0 Å². The average Bonchev–Trinajstić information content (AvgIpc) is 2.84. The molecule has 18 heavy (non-hydrogen) atoms. The van der Waals surface area contributed by atoms with Crippen molar-refractivity contribution in [1.82, 2.24) is 10.2 Å². The fraction of sp³-hybridized carbons (Fsp3) is 0.846. The van der Waals surface area contributed by atoms with Gasteiger partial charge in [0.2, 0.25) is 5.91 Å². The van der Waals surface area contributed by atoms with Gasteiger partial charge in [0, 0.05) is 25.9 Å². The van der Waals surface area contributed by atoms with Crippen LogP contribution in [0.3, 0.4) is 0 Å². The number of carbonyl (C=O) groups is 2. The molecule has 0 bridgehead atoms. The molecule has 0 saturated carbocycles. The molecule has 0 radical (unpaired) electrons. The zero-order valence-corrected chi connectivity index (χ0v) is 11.2. The number of rotatable bonds is 8. The maximum Gasteiger partial charge on any atom is 0.303 e. The lowest BCUT2D eigenvalue weighted by Gasteiger charge is -2.15. The third kappa shape index (κ3) is 6.59. The van der Waals surface area contributed by atoms with Gasteiger partial charge >= 0.3 is 5.97 Å². The first-order valence-corrected chi connectivity index (χ1v) is 6.79. The minimum Gasteiger partial charge on any atom is -0.481 e. The number of nitrogens with zero attached hydrogens (tertiary/aromatic N) is 1. The van der Waals surface area contributed by atoms with Crippen molar-refractivity contribution in [2.75, 3.05) is 26.2 Å². The Morgan fingerprint density at radius 1 is 1.28 bits per heavy atom. The maximum atomic E-state index is 11.6. The smallest absolute Gasteiger partial charge is 0.303 e. The molecule has 0 spiro atoms. The number of nitrogens with one attached hydrogen (secondary N) is 1. The second kappa shape index (κ2) is 8.08. The highest BCUT2D eigenvalue weighted by Gasteiger charge is 2.13. The predicted octanol–water partition coefficient (Wildman–Crippen LogP) is 1.09. The van der Waals surface area contributed by atoms with Crippen LogP contribution in [-0.4, -0.2) is 48.1 Å². The van der Waals surface area contributed by atoms with Gasteiger partial charge in [-0.05, 0) is 38.3 Å². The van der Waals surface area contributed by atoms with Gasteiger partial charge in [-0.1, -0.05) is 6.92 Å². The van der Waals surface area contributed by atoms with Crippen LogP contribution in [0.1, 0.15) is 39.0 Å². The molecule has 2 N–H and O–H groups in total. The Labute approximate surface area is 109 Å². The second-order valence-corrected chi connectivity index (χ2v) is 5.14. The van der Waals surface area contributed by atoms with Gasteiger partial charge in [0.05, 0.1) is 0 Å². The molecule has 1 unspecified atom stereocenters. The van der Waals surface area contributed by atoms with Gasteiger partial charge in [-0.25, -0.2) is 0 Å². The summed E-state index contributed by atoms with van der Waals surface area (Å²) >= 11 is 0. The molecule has 0 aromatic carbocycles. The Morgan fingerprint density at radius 3 is 2.56 bits per heavy atom. The SMILES string of the molecule is CC(CCC(=O)O)CNC(=O)CCN1CCCC1. The minimum atomic E-state index is -0.776. The lowest BCUT2D eigenvalue weighted by molar-refractivity contribution is -0.137. The van der Waals surface area contributed by atoms with E-state index in [2.05, 4.69) is 10.2 Å². The van der Waals surface area contributed by atoms with E-state index in [0.717, 1.165) is 19.6 Å². The van der Waals surface area contributed by atoms with Crippen molar-refractivity contribution < 1.29 is 14.7 Å². The van der Waals surface area contributed by atoms with Crippen molar-refractivity contribution in [1.29, 1.82) is 0 Å². The Morgan fingerprint density at radius 2 is 1.94 bits per heavy atom. The number of carboxylic acid groups (broad SMARTS) is 1. The van der Waals surface area contributed by atoms with Crippen LogP contribution in [0.25, 0.3) is 0 Å².